The molecule has 2 rings (SSSR count). The fraction of sp³-hybridized carbons (Fsp3) is 0.538. The van der Waals surface area contributed by atoms with Crippen LogP contribution in [0.5, 0.6) is 11.5 Å². The number of aryl methyl sites for hydroxylation is 1. The maximum Gasteiger partial charge on any atom is 0.229 e. The molecule has 0 spiro atoms. The van der Waals surface area contributed by atoms with Crippen LogP contribution < -0.4 is 4.74 Å². The van der Waals surface area contributed by atoms with E-state index in [2.05, 4.69) is 0 Å². The summed E-state index contributed by atoms with van der Waals surface area (Å²) < 4.78 is 10.7. The highest BCUT2D eigenvalue weighted by Gasteiger charge is 2.44. The highest BCUT2D eigenvalue weighted by Crippen LogP contribution is 2.28. The van der Waals surface area contributed by atoms with Gasteiger partial charge in [-0.3, -0.25) is 0 Å². The molecule has 1 aliphatic rings. The van der Waals surface area contributed by atoms with Gasteiger partial charge in [-0.25, -0.2) is 0 Å². The predicted molar refractivity (Wildman–Crippen MR) is 67.2 cm³/mol. The highest BCUT2D eigenvalue weighted by molar-refractivity contribution is 5.38. The monoisotopic (exact) mass is 286 g/mol. The number of phenolic OH excluding ortho intramolecular Hbond substituents is 1. The maximum absolute atomic E-state index is 9.84. The number of ether oxygens (including phenoxy) is 2. The molecule has 0 aromatic heterocycles. The first-order chi connectivity index (χ1) is 9.43. The Kier molecular flexibility index (Phi) is 4.46. The third-order valence-electron chi connectivity index (χ3n) is 3.25. The van der Waals surface area contributed by atoms with Crippen molar-refractivity contribution in [2.45, 2.75) is 37.6 Å². The molecular formula is C13H18O7. The van der Waals surface area contributed by atoms with Gasteiger partial charge in [-0.1, -0.05) is 0 Å². The predicted octanol–water partition coefficient (Wildman–Crippen LogP) is -1.12. The summed E-state index contributed by atoms with van der Waals surface area (Å²) in [6.45, 7) is 1.18. The summed E-state index contributed by atoms with van der Waals surface area (Å²) in [4.78, 5) is 0. The van der Waals surface area contributed by atoms with Crippen LogP contribution in [0.4, 0.5) is 0 Å². The van der Waals surface area contributed by atoms with Crippen molar-refractivity contribution in [3.8, 4) is 11.5 Å². The highest BCUT2D eigenvalue weighted by atomic mass is 16.7. The standard InChI is InChI=1S/C13H18O7/c1-6-4-7(15)2-3-8(6)19-13-12(18)11(17)10(16)9(5-14)20-13/h2-4,9-18H,5H2,1H3/t9-,10-,11+,12-,13+/m1/s1. The summed E-state index contributed by atoms with van der Waals surface area (Å²) in [6, 6.07) is 4.37. The number of benzene rings is 1. The molecule has 7 nitrogen and oxygen atoms in total. The first kappa shape index (κ1) is 15.0. The molecule has 1 heterocycles. The Morgan fingerprint density at radius 3 is 2.45 bits per heavy atom. The van der Waals surface area contributed by atoms with Crippen molar-refractivity contribution in [3.63, 3.8) is 0 Å². The molecule has 7 heteroatoms. The molecule has 0 saturated carbocycles. The number of aliphatic hydroxyl groups is 4. The van der Waals surface area contributed by atoms with Crippen molar-refractivity contribution in [1.29, 1.82) is 0 Å². The second-order valence-electron chi connectivity index (χ2n) is 4.76. The Labute approximate surface area is 115 Å². The fourth-order valence-electron chi connectivity index (χ4n) is 2.06. The molecule has 112 valence electrons. The van der Waals surface area contributed by atoms with Gasteiger partial charge in [-0.2, -0.15) is 0 Å². The number of hydrogen-bond donors (Lipinski definition) is 5. The largest absolute Gasteiger partial charge is 0.508 e. The number of phenols is 1. The molecular weight excluding hydrogens is 268 g/mol. The SMILES string of the molecule is Cc1cc(O)ccc1O[C@H]1O[C@H](CO)[C@@H](O)[C@H](O)[C@H]1O. The van der Waals surface area contributed by atoms with Crippen molar-refractivity contribution in [2.75, 3.05) is 6.61 Å². The first-order valence-electron chi connectivity index (χ1n) is 6.21. The summed E-state index contributed by atoms with van der Waals surface area (Å²) in [5.41, 5.74) is 0.613. The maximum atomic E-state index is 9.84. The topological polar surface area (TPSA) is 120 Å². The van der Waals surface area contributed by atoms with Gasteiger partial charge in [0.2, 0.25) is 6.29 Å². The van der Waals surface area contributed by atoms with E-state index in [1.165, 1.54) is 18.2 Å². The van der Waals surface area contributed by atoms with E-state index in [0.717, 1.165) is 0 Å². The fourth-order valence-corrected chi connectivity index (χ4v) is 2.06. The molecule has 0 aliphatic carbocycles. The minimum absolute atomic E-state index is 0.0728. The van der Waals surface area contributed by atoms with Gasteiger partial charge in [0, 0.05) is 0 Å². The lowest BCUT2D eigenvalue weighted by atomic mass is 9.99. The molecule has 0 bridgehead atoms. The average Bonchev–Trinajstić information content (AvgIpc) is 2.42. The van der Waals surface area contributed by atoms with E-state index in [4.69, 9.17) is 14.6 Å². The number of aliphatic hydroxyl groups excluding tert-OH is 4. The van der Waals surface area contributed by atoms with Crippen LogP contribution in [0.2, 0.25) is 0 Å². The Morgan fingerprint density at radius 1 is 1.15 bits per heavy atom. The van der Waals surface area contributed by atoms with Crippen molar-refractivity contribution in [2.24, 2.45) is 0 Å². The molecule has 0 unspecified atom stereocenters. The van der Waals surface area contributed by atoms with Crippen LogP contribution in [-0.4, -0.2) is 62.8 Å². The third kappa shape index (κ3) is 2.87. The van der Waals surface area contributed by atoms with Gasteiger partial charge in [0.1, 0.15) is 35.9 Å². The van der Waals surface area contributed by atoms with E-state index in [9.17, 15) is 20.4 Å². The second-order valence-corrected chi connectivity index (χ2v) is 4.76. The number of hydrogen-bond acceptors (Lipinski definition) is 7. The third-order valence-corrected chi connectivity index (χ3v) is 3.25. The van der Waals surface area contributed by atoms with Crippen LogP contribution in [0.25, 0.3) is 0 Å². The van der Waals surface area contributed by atoms with Gasteiger partial charge < -0.3 is 35.0 Å². The molecule has 5 N–H and O–H groups in total. The summed E-state index contributed by atoms with van der Waals surface area (Å²) in [5.74, 6) is 0.427. The van der Waals surface area contributed by atoms with Crippen molar-refractivity contribution in [3.05, 3.63) is 23.8 Å². The molecule has 0 radical (unpaired) electrons. The lowest BCUT2D eigenvalue weighted by molar-refractivity contribution is -0.277. The smallest absolute Gasteiger partial charge is 0.229 e. The average molecular weight is 286 g/mol. The molecule has 0 amide bonds. The number of aromatic hydroxyl groups is 1. The van der Waals surface area contributed by atoms with Gasteiger partial charge in [0.25, 0.3) is 0 Å². The molecule has 5 atom stereocenters. The summed E-state index contributed by atoms with van der Waals surface area (Å²) in [5, 5.41) is 47.5. The van der Waals surface area contributed by atoms with E-state index < -0.39 is 37.3 Å². The van der Waals surface area contributed by atoms with Gasteiger partial charge >= 0.3 is 0 Å². The van der Waals surface area contributed by atoms with E-state index >= 15 is 0 Å². The zero-order valence-corrected chi connectivity index (χ0v) is 10.9. The zero-order chi connectivity index (χ0) is 14.9. The second kappa shape index (κ2) is 5.94. The van der Waals surface area contributed by atoms with Gasteiger partial charge in [-0.05, 0) is 30.7 Å². The van der Waals surface area contributed by atoms with Crippen LogP contribution in [-0.2, 0) is 4.74 Å². The van der Waals surface area contributed by atoms with Crippen molar-refractivity contribution < 1.29 is 35.0 Å². The Morgan fingerprint density at radius 2 is 1.85 bits per heavy atom. The van der Waals surface area contributed by atoms with Crippen LogP contribution in [0.15, 0.2) is 18.2 Å². The molecule has 1 aliphatic heterocycles. The molecule has 20 heavy (non-hydrogen) atoms. The Balaban J connectivity index is 2.15. The van der Waals surface area contributed by atoms with Gasteiger partial charge in [-0.15, -0.1) is 0 Å². The first-order valence-corrected chi connectivity index (χ1v) is 6.21. The lowest BCUT2D eigenvalue weighted by Crippen LogP contribution is -2.60. The zero-order valence-electron chi connectivity index (χ0n) is 10.9. The number of rotatable bonds is 3. The quantitative estimate of drug-likeness (QED) is 0.477. The summed E-state index contributed by atoms with van der Waals surface area (Å²) >= 11 is 0. The van der Waals surface area contributed by atoms with Crippen LogP contribution in [0.1, 0.15) is 5.56 Å². The molecule has 1 aromatic rings. The van der Waals surface area contributed by atoms with Gasteiger partial charge in [0.05, 0.1) is 6.61 Å². The van der Waals surface area contributed by atoms with Gasteiger partial charge in [0.15, 0.2) is 0 Å². The molecule has 1 fully saturated rings. The Bertz CT molecular complexity index is 462. The van der Waals surface area contributed by atoms with Crippen LogP contribution in [0, 0.1) is 6.92 Å². The minimum Gasteiger partial charge on any atom is -0.508 e. The molecule has 1 saturated heterocycles. The Hall–Kier alpha value is -1.38. The van der Waals surface area contributed by atoms with E-state index in [0.29, 0.717) is 11.3 Å². The molecule has 1 aromatic carbocycles. The minimum atomic E-state index is -1.48. The van der Waals surface area contributed by atoms with E-state index in [1.54, 1.807) is 6.92 Å². The van der Waals surface area contributed by atoms with E-state index in [1.807, 2.05) is 0 Å². The van der Waals surface area contributed by atoms with E-state index in [-0.39, 0.29) is 5.75 Å². The lowest BCUT2D eigenvalue weighted by Gasteiger charge is -2.39. The summed E-state index contributed by atoms with van der Waals surface area (Å²) in [7, 11) is 0. The van der Waals surface area contributed by atoms with Crippen molar-refractivity contribution >= 4 is 0 Å². The normalized spacial score (nSPS) is 34.0. The van der Waals surface area contributed by atoms with Crippen LogP contribution in [0.3, 0.4) is 0 Å². The van der Waals surface area contributed by atoms with Crippen molar-refractivity contribution in [1.82, 2.24) is 0 Å². The van der Waals surface area contributed by atoms with Crippen LogP contribution >= 0.6 is 0 Å². The summed E-state index contributed by atoms with van der Waals surface area (Å²) in [6.07, 6.45) is -6.61.